The molecule has 120 valence electrons. The van der Waals surface area contributed by atoms with Crippen LogP contribution in [0.15, 0.2) is 36.0 Å². The molecule has 2 rings (SSSR count). The maximum absolute atomic E-state index is 12.2. The van der Waals surface area contributed by atoms with Crippen molar-refractivity contribution in [3.05, 3.63) is 41.6 Å². The second kappa shape index (κ2) is 7.99. The van der Waals surface area contributed by atoms with Gasteiger partial charge < -0.3 is 15.0 Å². The van der Waals surface area contributed by atoms with E-state index in [0.717, 1.165) is 25.9 Å². The van der Waals surface area contributed by atoms with E-state index in [-0.39, 0.29) is 18.1 Å². The molecule has 1 fully saturated rings. The number of amides is 1. The second-order valence-corrected chi connectivity index (χ2v) is 5.11. The molecule has 1 N–H and O–H groups in total. The fraction of sp³-hybridized carbons (Fsp3) is 0.353. The molecular weight excluding hydrogens is 294 g/mol. The molecule has 0 aliphatic carbocycles. The fourth-order valence-corrected chi connectivity index (χ4v) is 2.31. The predicted molar refractivity (Wildman–Crippen MR) is 85.5 cm³/mol. The number of rotatable bonds is 5. The van der Waals surface area contributed by atoms with Crippen molar-refractivity contribution in [2.45, 2.75) is 19.8 Å². The lowest BCUT2D eigenvalue weighted by atomic mass is 10.2. The molecule has 23 heavy (non-hydrogen) atoms. The molecule has 0 saturated carbocycles. The Labute approximate surface area is 135 Å². The van der Waals surface area contributed by atoms with Gasteiger partial charge >= 0.3 is 5.97 Å². The number of nitriles is 1. The Bertz CT molecular complexity index is 638. The van der Waals surface area contributed by atoms with Crippen molar-refractivity contribution >= 4 is 17.6 Å². The number of benzene rings is 1. The standard InChI is InChI=1S/C17H19N3O3/c1-2-23-17(22)14(11-18)12-19-15-7-5-13(6-8-15)16(21)20-9-3-4-10-20/h5-8,12,19H,2-4,9-10H2,1H3/b14-12-. The van der Waals surface area contributed by atoms with Gasteiger partial charge in [-0.1, -0.05) is 0 Å². The van der Waals surface area contributed by atoms with Gasteiger partial charge in [0.25, 0.3) is 5.91 Å². The van der Waals surface area contributed by atoms with Crippen LogP contribution in [0.4, 0.5) is 5.69 Å². The number of carbonyl (C=O) groups excluding carboxylic acids is 2. The summed E-state index contributed by atoms with van der Waals surface area (Å²) in [5.74, 6) is -0.628. The Balaban J connectivity index is 2.00. The van der Waals surface area contributed by atoms with Gasteiger partial charge in [-0.25, -0.2) is 4.79 Å². The number of carbonyl (C=O) groups is 2. The minimum Gasteiger partial charge on any atom is -0.462 e. The lowest BCUT2D eigenvalue weighted by Crippen LogP contribution is -2.27. The summed E-state index contributed by atoms with van der Waals surface area (Å²) in [6.07, 6.45) is 3.41. The number of hydrogen-bond acceptors (Lipinski definition) is 5. The molecule has 0 aromatic heterocycles. The maximum Gasteiger partial charge on any atom is 0.350 e. The van der Waals surface area contributed by atoms with Gasteiger partial charge in [0.15, 0.2) is 5.57 Å². The van der Waals surface area contributed by atoms with Gasteiger partial charge in [0, 0.05) is 30.5 Å². The molecule has 1 saturated heterocycles. The van der Waals surface area contributed by atoms with Gasteiger partial charge in [-0.05, 0) is 44.0 Å². The number of hydrogen-bond donors (Lipinski definition) is 1. The van der Waals surface area contributed by atoms with Crippen LogP contribution >= 0.6 is 0 Å². The van der Waals surface area contributed by atoms with Gasteiger partial charge in [0.1, 0.15) is 6.07 Å². The molecule has 1 aliphatic rings. The zero-order chi connectivity index (χ0) is 16.7. The first-order chi connectivity index (χ1) is 11.2. The first kappa shape index (κ1) is 16.6. The number of nitrogens with zero attached hydrogens (tertiary/aromatic N) is 2. The number of likely N-dealkylation sites (tertiary alicyclic amines) is 1. The minimum absolute atomic E-state index is 0.0360. The summed E-state index contributed by atoms with van der Waals surface area (Å²) in [6.45, 7) is 3.51. The van der Waals surface area contributed by atoms with Crippen LogP contribution in [0.5, 0.6) is 0 Å². The van der Waals surface area contributed by atoms with Crippen molar-refractivity contribution in [2.75, 3.05) is 25.0 Å². The number of nitrogens with one attached hydrogen (secondary N) is 1. The zero-order valence-electron chi connectivity index (χ0n) is 13.0. The average Bonchev–Trinajstić information content (AvgIpc) is 3.10. The Kier molecular flexibility index (Phi) is 5.75. The van der Waals surface area contributed by atoms with Crippen molar-refractivity contribution in [3.8, 4) is 6.07 Å². The predicted octanol–water partition coefficient (Wildman–Crippen LogP) is 2.31. The van der Waals surface area contributed by atoms with E-state index in [1.165, 1.54) is 6.20 Å². The lowest BCUT2D eigenvalue weighted by molar-refractivity contribution is -0.138. The third kappa shape index (κ3) is 4.33. The highest BCUT2D eigenvalue weighted by atomic mass is 16.5. The van der Waals surface area contributed by atoms with Gasteiger partial charge in [-0.15, -0.1) is 0 Å². The SMILES string of the molecule is CCOC(=O)/C(C#N)=C\Nc1ccc(C(=O)N2CCCC2)cc1. The van der Waals surface area contributed by atoms with Crippen molar-refractivity contribution in [2.24, 2.45) is 0 Å². The average molecular weight is 313 g/mol. The summed E-state index contributed by atoms with van der Waals surface area (Å²) in [6, 6.07) is 8.72. The van der Waals surface area contributed by atoms with E-state index >= 15 is 0 Å². The van der Waals surface area contributed by atoms with E-state index in [1.54, 1.807) is 37.3 Å². The summed E-state index contributed by atoms with van der Waals surface area (Å²) < 4.78 is 4.77. The Morgan fingerprint density at radius 3 is 2.52 bits per heavy atom. The maximum atomic E-state index is 12.2. The summed E-state index contributed by atoms with van der Waals surface area (Å²) in [5, 5.41) is 11.8. The zero-order valence-corrected chi connectivity index (χ0v) is 13.0. The van der Waals surface area contributed by atoms with Crippen LogP contribution in [0.1, 0.15) is 30.1 Å². The van der Waals surface area contributed by atoms with E-state index in [4.69, 9.17) is 10.00 Å². The summed E-state index contributed by atoms with van der Waals surface area (Å²) in [7, 11) is 0. The molecule has 1 aromatic carbocycles. The lowest BCUT2D eigenvalue weighted by Gasteiger charge is -2.15. The van der Waals surface area contributed by atoms with Gasteiger partial charge in [-0.3, -0.25) is 4.79 Å². The van der Waals surface area contributed by atoms with E-state index in [9.17, 15) is 9.59 Å². The molecule has 6 nitrogen and oxygen atoms in total. The summed E-state index contributed by atoms with van der Waals surface area (Å²) in [5.41, 5.74) is 1.21. The van der Waals surface area contributed by atoms with E-state index < -0.39 is 5.97 Å². The number of ether oxygens (including phenoxy) is 1. The van der Waals surface area contributed by atoms with Crippen molar-refractivity contribution in [1.29, 1.82) is 5.26 Å². The van der Waals surface area contributed by atoms with Crippen molar-refractivity contribution < 1.29 is 14.3 Å². The largest absolute Gasteiger partial charge is 0.462 e. The normalized spacial score (nSPS) is 14.3. The molecule has 0 bridgehead atoms. The molecular formula is C17H19N3O3. The van der Waals surface area contributed by atoms with E-state index in [1.807, 2.05) is 4.90 Å². The first-order valence-corrected chi connectivity index (χ1v) is 7.59. The van der Waals surface area contributed by atoms with Crippen LogP contribution in [0, 0.1) is 11.3 Å². The topological polar surface area (TPSA) is 82.4 Å². The Morgan fingerprint density at radius 2 is 1.96 bits per heavy atom. The monoisotopic (exact) mass is 313 g/mol. The van der Waals surface area contributed by atoms with Crippen LogP contribution in [-0.2, 0) is 9.53 Å². The smallest absolute Gasteiger partial charge is 0.350 e. The fourth-order valence-electron chi connectivity index (χ4n) is 2.31. The van der Waals surface area contributed by atoms with Crippen LogP contribution in [-0.4, -0.2) is 36.5 Å². The third-order valence-corrected chi connectivity index (χ3v) is 3.52. The molecule has 1 heterocycles. The summed E-state index contributed by atoms with van der Waals surface area (Å²) in [4.78, 5) is 25.5. The number of esters is 1. The van der Waals surface area contributed by atoms with Gasteiger partial charge in [-0.2, -0.15) is 5.26 Å². The van der Waals surface area contributed by atoms with Crippen LogP contribution in [0.3, 0.4) is 0 Å². The molecule has 1 aliphatic heterocycles. The highest BCUT2D eigenvalue weighted by Crippen LogP contribution is 2.15. The highest BCUT2D eigenvalue weighted by molar-refractivity contribution is 5.95. The van der Waals surface area contributed by atoms with Crippen molar-refractivity contribution in [1.82, 2.24) is 4.90 Å². The van der Waals surface area contributed by atoms with E-state index in [2.05, 4.69) is 5.32 Å². The first-order valence-electron chi connectivity index (χ1n) is 7.59. The Morgan fingerprint density at radius 1 is 1.30 bits per heavy atom. The van der Waals surface area contributed by atoms with Crippen molar-refractivity contribution in [3.63, 3.8) is 0 Å². The van der Waals surface area contributed by atoms with Gasteiger partial charge in [0.2, 0.25) is 0 Å². The molecule has 1 aromatic rings. The summed E-state index contributed by atoms with van der Waals surface area (Å²) >= 11 is 0. The van der Waals surface area contributed by atoms with Crippen LogP contribution in [0.25, 0.3) is 0 Å². The second-order valence-electron chi connectivity index (χ2n) is 5.11. The molecule has 0 unspecified atom stereocenters. The molecule has 0 radical (unpaired) electrons. The van der Waals surface area contributed by atoms with Gasteiger partial charge in [0.05, 0.1) is 6.61 Å². The van der Waals surface area contributed by atoms with E-state index in [0.29, 0.717) is 11.3 Å². The van der Waals surface area contributed by atoms with Crippen LogP contribution in [0.2, 0.25) is 0 Å². The molecule has 0 atom stereocenters. The highest BCUT2D eigenvalue weighted by Gasteiger charge is 2.19. The molecule has 0 spiro atoms. The Hall–Kier alpha value is -2.81. The third-order valence-electron chi connectivity index (χ3n) is 3.52. The number of anilines is 1. The molecule has 1 amide bonds. The van der Waals surface area contributed by atoms with Crippen LogP contribution < -0.4 is 5.32 Å². The minimum atomic E-state index is -0.664. The quantitative estimate of drug-likeness (QED) is 0.512. The molecule has 6 heteroatoms.